The molecule has 0 aliphatic rings. The second kappa shape index (κ2) is 20.0. The largest absolute Gasteiger partial charge is 4.00 e. The van der Waals surface area contributed by atoms with Crippen LogP contribution in [0, 0.1) is 0 Å². The summed E-state index contributed by atoms with van der Waals surface area (Å²) in [5.74, 6) is 0.239. The van der Waals surface area contributed by atoms with Crippen LogP contribution in [0.2, 0.25) is 0 Å². The van der Waals surface area contributed by atoms with Crippen molar-refractivity contribution in [1.29, 1.82) is 0 Å². The molecule has 1 heterocycles. The molecular formula is C12H16I4N2O2Ti. The van der Waals surface area contributed by atoms with Gasteiger partial charge in [-0.2, -0.15) is 0 Å². The van der Waals surface area contributed by atoms with Gasteiger partial charge in [-0.15, -0.1) is 0 Å². The van der Waals surface area contributed by atoms with Gasteiger partial charge >= 0.3 is 21.7 Å². The van der Waals surface area contributed by atoms with Crippen LogP contribution in [0.15, 0.2) is 36.5 Å². The van der Waals surface area contributed by atoms with Gasteiger partial charge in [-0.05, 0) is 26.1 Å². The van der Waals surface area contributed by atoms with Crippen molar-refractivity contribution in [3.63, 3.8) is 0 Å². The van der Waals surface area contributed by atoms with Crippen LogP contribution in [0.4, 0.5) is 0 Å². The van der Waals surface area contributed by atoms with Gasteiger partial charge in [0.05, 0.1) is 0 Å². The first-order chi connectivity index (χ1) is 7.65. The zero-order chi connectivity index (χ0) is 12.0. The molecule has 1 atom stereocenters. The summed E-state index contributed by atoms with van der Waals surface area (Å²) >= 11 is 0. The summed E-state index contributed by atoms with van der Waals surface area (Å²) in [6.07, 6.45) is 1.30. The number of nitrogens with zero attached hydrogens (tertiary/aromatic N) is 1. The Morgan fingerprint density at radius 1 is 1.05 bits per heavy atom. The van der Waals surface area contributed by atoms with E-state index < -0.39 is 0 Å². The molecule has 21 heavy (non-hydrogen) atoms. The normalized spacial score (nSPS) is 8.90. The monoisotopic (exact) mass is 776 g/mol. The Morgan fingerprint density at radius 3 is 1.95 bits per heavy atom. The number of halogens is 4. The second-order valence-electron chi connectivity index (χ2n) is 3.32. The molecule has 1 aromatic heterocycles. The number of pyridine rings is 1. The van der Waals surface area contributed by atoms with Crippen LogP contribution in [-0.2, 0) is 21.7 Å². The number of benzene rings is 1. The smallest absolute Gasteiger partial charge is 1.00 e. The summed E-state index contributed by atoms with van der Waals surface area (Å²) in [7, 11) is 1.70. The number of aromatic nitrogens is 1. The maximum atomic E-state index is 9.31. The molecule has 0 bridgehead atoms. The Kier molecular flexibility index (Phi) is 32.8. The molecule has 0 fully saturated rings. The first-order valence-electron chi connectivity index (χ1n) is 5.03. The van der Waals surface area contributed by atoms with Crippen molar-refractivity contribution in [1.82, 2.24) is 10.3 Å². The minimum Gasteiger partial charge on any atom is -1.00 e. The van der Waals surface area contributed by atoms with Crippen molar-refractivity contribution in [3.05, 3.63) is 36.5 Å². The predicted octanol–water partition coefficient (Wildman–Crippen LogP) is -10.5. The van der Waals surface area contributed by atoms with Crippen molar-refractivity contribution in [3.8, 4) is 5.75 Å². The van der Waals surface area contributed by atoms with Gasteiger partial charge in [0.15, 0.2) is 0 Å². The number of aliphatic hydroxyl groups is 1. The van der Waals surface area contributed by atoms with Crippen LogP contribution in [0.25, 0.3) is 10.9 Å². The van der Waals surface area contributed by atoms with Crippen LogP contribution in [0.1, 0.15) is 6.92 Å². The fraction of sp³-hybridized carbons (Fsp3) is 0.250. The fourth-order valence-corrected chi connectivity index (χ4v) is 1.09. The molecule has 4 nitrogen and oxygen atoms in total. The number of aliphatic hydroxyl groups excluding tert-OH is 1. The van der Waals surface area contributed by atoms with Gasteiger partial charge < -0.3 is 106 Å². The molecule has 0 saturated heterocycles. The van der Waals surface area contributed by atoms with Crippen LogP contribution in [-0.4, -0.2) is 28.5 Å². The topological polar surface area (TPSA) is 65.4 Å². The minimum atomic E-state index is -0.366. The van der Waals surface area contributed by atoms with E-state index in [1.54, 1.807) is 32.3 Å². The van der Waals surface area contributed by atoms with Crippen LogP contribution in [0.5, 0.6) is 5.75 Å². The number of phenolic OH excluding ortho intramolecular Hbond substituents is 1. The van der Waals surface area contributed by atoms with E-state index in [1.165, 1.54) is 0 Å². The summed E-state index contributed by atoms with van der Waals surface area (Å²) in [6.45, 7) is 1.67. The van der Waals surface area contributed by atoms with Gasteiger partial charge in [-0.1, -0.05) is 18.2 Å². The van der Waals surface area contributed by atoms with Gasteiger partial charge in [0.25, 0.3) is 0 Å². The first-order valence-corrected chi connectivity index (χ1v) is 5.03. The molecule has 0 amide bonds. The molecule has 118 valence electrons. The number of aromatic hydroxyl groups is 1. The number of hydrogen-bond donors (Lipinski definition) is 3. The molecule has 2 rings (SSSR count). The third kappa shape index (κ3) is 14.1. The maximum absolute atomic E-state index is 9.31. The Bertz CT molecular complexity index is 459. The van der Waals surface area contributed by atoms with E-state index in [0.717, 1.165) is 5.39 Å². The number of fused-ring (bicyclic) bond motifs is 1. The quantitative estimate of drug-likeness (QED) is 0.153. The zero-order valence-corrected chi connectivity index (χ0v) is 21.6. The number of para-hydroxylation sites is 1. The van der Waals surface area contributed by atoms with Crippen molar-refractivity contribution < 1.29 is 128 Å². The molecule has 1 aromatic carbocycles. The van der Waals surface area contributed by atoms with Crippen LogP contribution >= 0.6 is 0 Å². The maximum Gasteiger partial charge on any atom is 4.00 e. The van der Waals surface area contributed by atoms with Crippen LogP contribution in [0.3, 0.4) is 0 Å². The van der Waals surface area contributed by atoms with E-state index in [-0.39, 0.29) is 130 Å². The van der Waals surface area contributed by atoms with E-state index in [2.05, 4.69) is 10.3 Å². The Morgan fingerprint density at radius 2 is 1.52 bits per heavy atom. The van der Waals surface area contributed by atoms with Gasteiger partial charge in [-0.3, -0.25) is 10.3 Å². The number of rotatable bonds is 1. The Hall–Kier alpha value is 1.98. The first kappa shape index (κ1) is 34.3. The van der Waals surface area contributed by atoms with Gasteiger partial charge in [-0.25, -0.2) is 0 Å². The Balaban J connectivity index is -0.0000000773. The summed E-state index contributed by atoms with van der Waals surface area (Å²) in [4.78, 5) is 4.03. The third-order valence-corrected chi connectivity index (χ3v) is 2.03. The zero-order valence-electron chi connectivity index (χ0n) is 11.4. The SMILES string of the molecule is CNC(C)O.Oc1cccc2cccnc12.[I-].[I-].[I-].[I-].[Ti+4]. The second-order valence-corrected chi connectivity index (χ2v) is 3.32. The molecule has 0 radical (unpaired) electrons. The van der Waals surface area contributed by atoms with Gasteiger partial charge in [0.2, 0.25) is 0 Å². The molecule has 0 aliphatic carbocycles. The van der Waals surface area contributed by atoms with E-state index >= 15 is 0 Å². The van der Waals surface area contributed by atoms with Crippen molar-refractivity contribution in [2.24, 2.45) is 0 Å². The van der Waals surface area contributed by atoms with Crippen LogP contribution < -0.4 is 101 Å². The average Bonchev–Trinajstić information content (AvgIpc) is 2.30. The molecule has 2 aromatic rings. The van der Waals surface area contributed by atoms with E-state index in [4.69, 9.17) is 5.11 Å². The molecular weight excluding hydrogens is 760 g/mol. The fourth-order valence-electron chi connectivity index (χ4n) is 1.09. The predicted molar refractivity (Wildman–Crippen MR) is 64.1 cm³/mol. The minimum absolute atomic E-state index is 0. The summed E-state index contributed by atoms with van der Waals surface area (Å²) in [6, 6.07) is 9.13. The number of hydrogen-bond acceptors (Lipinski definition) is 4. The molecule has 0 aliphatic heterocycles. The number of nitrogens with one attached hydrogen (secondary N) is 1. The van der Waals surface area contributed by atoms with E-state index in [1.807, 2.05) is 18.2 Å². The van der Waals surface area contributed by atoms with E-state index in [0.29, 0.717) is 5.52 Å². The molecule has 3 N–H and O–H groups in total. The third-order valence-electron chi connectivity index (χ3n) is 2.03. The standard InChI is InChI=1S/C9H7NO.C3H9NO.4HI.Ti/c11-8-5-1-3-7-4-2-6-10-9(7)8;1-3(5)4-2;;;;;/h1-6,11H;3-5H,1-2H3;4*1H;/q;;;;;;+4/p-4. The molecule has 9 heteroatoms. The Labute approximate surface area is 208 Å². The van der Waals surface area contributed by atoms with E-state index in [9.17, 15) is 5.11 Å². The summed E-state index contributed by atoms with van der Waals surface area (Å²) < 4.78 is 0. The van der Waals surface area contributed by atoms with Gasteiger partial charge in [0, 0.05) is 11.6 Å². The van der Waals surface area contributed by atoms with Crippen molar-refractivity contribution in [2.75, 3.05) is 7.05 Å². The molecule has 1 unspecified atom stereocenters. The average molecular weight is 776 g/mol. The summed E-state index contributed by atoms with van der Waals surface area (Å²) in [5.41, 5.74) is 0.662. The molecule has 0 spiro atoms. The summed E-state index contributed by atoms with van der Waals surface area (Å²) in [5, 5.41) is 21.1. The number of phenols is 1. The van der Waals surface area contributed by atoms with Gasteiger partial charge in [0.1, 0.15) is 17.5 Å². The molecule has 0 saturated carbocycles. The van der Waals surface area contributed by atoms with Crippen molar-refractivity contribution in [2.45, 2.75) is 13.2 Å². The van der Waals surface area contributed by atoms with Crippen molar-refractivity contribution >= 4 is 10.9 Å².